The average Bonchev–Trinajstić information content (AvgIpc) is 2.37. The number of rotatable bonds is 8. The Hall–Kier alpha value is -1.85. The van der Waals surface area contributed by atoms with E-state index in [2.05, 4.69) is 27.5 Å². The van der Waals surface area contributed by atoms with Gasteiger partial charge in [0, 0.05) is 25.6 Å². The first kappa shape index (κ1) is 14.2. The van der Waals surface area contributed by atoms with Gasteiger partial charge in [-0.25, -0.2) is 9.97 Å². The smallest absolute Gasteiger partial charge is 0.217 e. The maximum atomic E-state index is 10.6. The third-order valence-electron chi connectivity index (χ3n) is 2.68. The fourth-order valence-electron chi connectivity index (χ4n) is 1.75. The highest BCUT2D eigenvalue weighted by molar-refractivity contribution is 5.73. The molecule has 0 saturated heterocycles. The lowest BCUT2D eigenvalue weighted by atomic mass is 10.2. The summed E-state index contributed by atoms with van der Waals surface area (Å²) in [5.41, 5.74) is 6.16. The second-order valence-corrected chi connectivity index (χ2v) is 4.00. The first-order valence-electron chi connectivity index (χ1n) is 6.22. The number of anilines is 2. The molecule has 1 amide bonds. The van der Waals surface area contributed by atoms with Crippen molar-refractivity contribution in [3.8, 4) is 0 Å². The van der Waals surface area contributed by atoms with Crippen molar-refractivity contribution in [3.05, 3.63) is 11.9 Å². The molecule has 1 aromatic rings. The zero-order valence-corrected chi connectivity index (χ0v) is 11.0. The lowest BCUT2D eigenvalue weighted by molar-refractivity contribution is -0.118. The number of hydrogen-bond donors (Lipinski definition) is 3. The molecule has 0 aliphatic rings. The van der Waals surface area contributed by atoms with Crippen LogP contribution in [0.15, 0.2) is 6.33 Å². The van der Waals surface area contributed by atoms with Crippen LogP contribution < -0.4 is 16.4 Å². The molecule has 18 heavy (non-hydrogen) atoms. The fourth-order valence-corrected chi connectivity index (χ4v) is 1.75. The highest BCUT2D eigenvalue weighted by Gasteiger charge is 2.07. The Morgan fingerprint density at radius 2 is 2.06 bits per heavy atom. The molecule has 0 spiro atoms. The largest absolute Gasteiger partial charge is 0.373 e. The maximum absolute atomic E-state index is 10.6. The van der Waals surface area contributed by atoms with Crippen molar-refractivity contribution in [1.29, 1.82) is 0 Å². The van der Waals surface area contributed by atoms with Gasteiger partial charge in [-0.2, -0.15) is 0 Å². The molecule has 6 nitrogen and oxygen atoms in total. The summed E-state index contributed by atoms with van der Waals surface area (Å²) in [6, 6.07) is 0. The van der Waals surface area contributed by atoms with E-state index >= 15 is 0 Å². The zero-order chi connectivity index (χ0) is 13.4. The minimum absolute atomic E-state index is 0.247. The van der Waals surface area contributed by atoms with Crippen LogP contribution in [0.5, 0.6) is 0 Å². The second-order valence-electron chi connectivity index (χ2n) is 4.00. The number of unbranched alkanes of at least 4 members (excludes halogenated alkanes) is 1. The van der Waals surface area contributed by atoms with E-state index in [9.17, 15) is 4.79 Å². The van der Waals surface area contributed by atoms with Crippen molar-refractivity contribution in [3.63, 3.8) is 0 Å². The summed E-state index contributed by atoms with van der Waals surface area (Å²) >= 11 is 0. The molecule has 0 radical (unpaired) electrons. The number of nitrogens with two attached hydrogens (primary N) is 1. The van der Waals surface area contributed by atoms with Crippen molar-refractivity contribution in [1.82, 2.24) is 9.97 Å². The molecule has 1 rings (SSSR count). The van der Waals surface area contributed by atoms with E-state index in [1.165, 1.54) is 6.33 Å². The molecule has 6 heteroatoms. The summed E-state index contributed by atoms with van der Waals surface area (Å²) in [5.74, 6) is 1.46. The second kappa shape index (κ2) is 7.47. The summed E-state index contributed by atoms with van der Waals surface area (Å²) in [5, 5.41) is 6.32. The molecule has 0 aromatic carbocycles. The number of primary amides is 1. The molecule has 100 valence electrons. The number of nitrogens with one attached hydrogen (secondary N) is 2. The van der Waals surface area contributed by atoms with Crippen molar-refractivity contribution in [2.75, 3.05) is 24.2 Å². The molecular weight excluding hydrogens is 230 g/mol. The Morgan fingerprint density at radius 3 is 2.67 bits per heavy atom. The molecule has 0 bridgehead atoms. The molecule has 0 atom stereocenters. The van der Waals surface area contributed by atoms with E-state index in [-0.39, 0.29) is 5.91 Å². The van der Waals surface area contributed by atoms with Gasteiger partial charge in [0.15, 0.2) is 0 Å². The predicted octanol–water partition coefficient (Wildman–Crippen LogP) is 1.15. The molecule has 0 aliphatic heterocycles. The van der Waals surface area contributed by atoms with Gasteiger partial charge in [-0.3, -0.25) is 4.79 Å². The first-order chi connectivity index (χ1) is 8.69. The Bertz CT molecular complexity index is 394. The Balaban J connectivity index is 2.49. The van der Waals surface area contributed by atoms with E-state index < -0.39 is 0 Å². The lowest BCUT2D eigenvalue weighted by Gasteiger charge is -2.12. The Kier molecular flexibility index (Phi) is 5.90. The third-order valence-corrected chi connectivity index (χ3v) is 2.68. The van der Waals surface area contributed by atoms with E-state index in [0.29, 0.717) is 6.42 Å². The minimum atomic E-state index is -0.247. The van der Waals surface area contributed by atoms with Crippen LogP contribution >= 0.6 is 0 Å². The van der Waals surface area contributed by atoms with Crippen molar-refractivity contribution in [2.45, 2.75) is 32.6 Å². The first-order valence-corrected chi connectivity index (χ1v) is 6.22. The van der Waals surface area contributed by atoms with E-state index in [1.54, 1.807) is 0 Å². The maximum Gasteiger partial charge on any atom is 0.217 e. The fraction of sp³-hybridized carbons (Fsp3) is 0.583. The number of aromatic nitrogens is 2. The number of carbonyl (C=O) groups is 1. The Labute approximate surface area is 107 Å². The van der Waals surface area contributed by atoms with Crippen LogP contribution in [0.2, 0.25) is 0 Å². The zero-order valence-electron chi connectivity index (χ0n) is 11.0. The highest BCUT2D eigenvalue weighted by Crippen LogP contribution is 2.19. The van der Waals surface area contributed by atoms with Crippen LogP contribution in [0.3, 0.4) is 0 Å². The van der Waals surface area contributed by atoms with Crippen molar-refractivity contribution >= 4 is 17.5 Å². The molecular formula is C12H21N5O. The summed E-state index contributed by atoms with van der Waals surface area (Å²) in [4.78, 5) is 19.0. The van der Waals surface area contributed by atoms with Gasteiger partial charge in [0.1, 0.15) is 18.0 Å². The SMILES string of the molecule is CCc1c(NC)ncnc1NCCCCC(N)=O. The summed E-state index contributed by atoms with van der Waals surface area (Å²) in [6.45, 7) is 2.85. The van der Waals surface area contributed by atoms with Crippen molar-refractivity contribution in [2.24, 2.45) is 5.73 Å². The minimum Gasteiger partial charge on any atom is -0.373 e. The van der Waals surface area contributed by atoms with Gasteiger partial charge in [0.25, 0.3) is 0 Å². The number of nitrogens with zero attached hydrogens (tertiary/aromatic N) is 2. The normalized spacial score (nSPS) is 10.1. The van der Waals surface area contributed by atoms with Crippen LogP contribution in [0.4, 0.5) is 11.6 Å². The quantitative estimate of drug-likeness (QED) is 0.603. The average molecular weight is 251 g/mol. The van der Waals surface area contributed by atoms with Crippen LogP contribution in [0.1, 0.15) is 31.7 Å². The molecule has 1 aromatic heterocycles. The predicted molar refractivity (Wildman–Crippen MR) is 72.5 cm³/mol. The number of amides is 1. The lowest BCUT2D eigenvalue weighted by Crippen LogP contribution is -2.12. The molecule has 0 saturated carbocycles. The topological polar surface area (TPSA) is 92.9 Å². The summed E-state index contributed by atoms with van der Waals surface area (Å²) < 4.78 is 0. The molecule has 0 aliphatic carbocycles. The molecule has 1 heterocycles. The van der Waals surface area contributed by atoms with Gasteiger partial charge in [-0.15, -0.1) is 0 Å². The van der Waals surface area contributed by atoms with Crippen LogP contribution in [0.25, 0.3) is 0 Å². The number of hydrogen-bond acceptors (Lipinski definition) is 5. The summed E-state index contributed by atoms with van der Waals surface area (Å²) in [6.07, 6.45) is 4.53. The van der Waals surface area contributed by atoms with Crippen LogP contribution in [-0.2, 0) is 11.2 Å². The van der Waals surface area contributed by atoms with Gasteiger partial charge in [0.2, 0.25) is 5.91 Å². The summed E-state index contributed by atoms with van der Waals surface area (Å²) in [7, 11) is 1.85. The van der Waals surface area contributed by atoms with Crippen molar-refractivity contribution < 1.29 is 4.79 Å². The number of carbonyl (C=O) groups excluding carboxylic acids is 1. The van der Waals surface area contributed by atoms with Gasteiger partial charge in [-0.05, 0) is 19.3 Å². The monoisotopic (exact) mass is 251 g/mol. The van der Waals surface area contributed by atoms with E-state index in [4.69, 9.17) is 5.73 Å². The highest BCUT2D eigenvalue weighted by atomic mass is 16.1. The van der Waals surface area contributed by atoms with Crippen LogP contribution in [-0.4, -0.2) is 29.5 Å². The Morgan fingerprint density at radius 1 is 1.33 bits per heavy atom. The molecule has 0 fully saturated rings. The van der Waals surface area contributed by atoms with Gasteiger partial charge < -0.3 is 16.4 Å². The molecule has 0 unspecified atom stereocenters. The van der Waals surface area contributed by atoms with Gasteiger partial charge in [0.05, 0.1) is 0 Å². The van der Waals surface area contributed by atoms with E-state index in [1.807, 2.05) is 7.05 Å². The van der Waals surface area contributed by atoms with Crippen LogP contribution in [0, 0.1) is 0 Å². The third kappa shape index (κ3) is 4.20. The molecule has 4 N–H and O–H groups in total. The van der Waals surface area contributed by atoms with Gasteiger partial charge >= 0.3 is 0 Å². The van der Waals surface area contributed by atoms with Gasteiger partial charge in [-0.1, -0.05) is 6.92 Å². The standard InChI is InChI=1S/C12H21N5O/c1-3-9-11(14-2)16-8-17-12(9)15-7-5-4-6-10(13)18/h8H,3-7H2,1-2H3,(H2,13,18)(H2,14,15,16,17). The van der Waals surface area contributed by atoms with E-state index in [0.717, 1.165) is 43.0 Å².